The van der Waals surface area contributed by atoms with Gasteiger partial charge in [0.15, 0.2) is 18.2 Å². The van der Waals surface area contributed by atoms with E-state index >= 15 is 4.79 Å². The molecule has 1 saturated heterocycles. The number of Topliss-reactive ketones (excluding diaryl/α,β-unsaturated/α-hetero) is 2. The van der Waals surface area contributed by atoms with Gasteiger partial charge in [0.05, 0.1) is 24.8 Å². The van der Waals surface area contributed by atoms with Gasteiger partial charge in [-0.3, -0.25) is 19.4 Å². The number of phenolic OH excluding ortho intramolecular Hbond substituents is 1. The summed E-state index contributed by atoms with van der Waals surface area (Å²) in [6.45, 7) is 6.01. The molecule has 64 heavy (non-hydrogen) atoms. The highest BCUT2D eigenvalue weighted by Gasteiger charge is 2.61. The fraction of sp³-hybridized carbons (Fsp3) is 0.444. The number of benzene rings is 1. The topological polar surface area (TPSA) is 219 Å². The number of allylic oxidation sites excluding steroid dienone is 2. The van der Waals surface area contributed by atoms with Gasteiger partial charge in [-0.05, 0) is 96.8 Å². The van der Waals surface area contributed by atoms with Crippen molar-refractivity contribution in [1.29, 1.82) is 0 Å². The fourth-order valence-corrected chi connectivity index (χ4v) is 9.83. The predicted octanol–water partition coefficient (Wildman–Crippen LogP) is 3.45. The molecule has 0 radical (unpaired) electrons. The maximum atomic E-state index is 15.1. The number of amides is 1. The molecular weight excluding hydrogens is 901 g/mol. The summed E-state index contributed by atoms with van der Waals surface area (Å²) in [6.07, 6.45) is -1.02. The van der Waals surface area contributed by atoms with Crippen LogP contribution >= 0.6 is 11.8 Å². The molecule has 1 amide bonds. The Labute approximate surface area is 385 Å². The lowest BCUT2D eigenvalue weighted by molar-refractivity contribution is -0.278. The Bertz CT molecular complexity index is 2670. The molecule has 1 aliphatic heterocycles. The zero-order valence-corrected chi connectivity index (χ0v) is 39.2. The number of hydrogen-bond acceptors (Lipinski definition) is 16. The smallest absolute Gasteiger partial charge is 0.407 e. The molecule has 2 aromatic heterocycles. The molecule has 0 bridgehead atoms. The van der Waals surface area contributed by atoms with Crippen LogP contribution in [0.5, 0.6) is 5.75 Å². The van der Waals surface area contributed by atoms with E-state index in [1.165, 1.54) is 24.4 Å². The molecule has 340 valence electrons. The number of methoxy groups -OCH3 is 1. The third kappa shape index (κ3) is 10.5. The average Bonchev–Trinajstić information content (AvgIpc) is 3.61. The molecule has 0 saturated carbocycles. The molecule has 19 heteroatoms. The van der Waals surface area contributed by atoms with Crippen LogP contribution in [0.2, 0.25) is 0 Å². The lowest BCUT2D eigenvalue weighted by Gasteiger charge is -2.49. The number of nitrogens with zero attached hydrogens (tertiary/aromatic N) is 1. The van der Waals surface area contributed by atoms with Crippen molar-refractivity contribution in [3.05, 3.63) is 71.1 Å². The molecule has 3 heterocycles. The van der Waals surface area contributed by atoms with Crippen molar-refractivity contribution in [2.45, 2.75) is 93.7 Å². The van der Waals surface area contributed by atoms with Crippen LogP contribution in [0.1, 0.15) is 50.5 Å². The number of H-pyrrole nitrogens is 1. The van der Waals surface area contributed by atoms with Gasteiger partial charge in [-0.25, -0.2) is 4.79 Å². The minimum absolute atomic E-state index is 0.0181. The van der Waals surface area contributed by atoms with Crippen molar-refractivity contribution in [3.8, 4) is 29.4 Å². The van der Waals surface area contributed by atoms with Crippen molar-refractivity contribution in [1.82, 2.24) is 20.6 Å². The van der Waals surface area contributed by atoms with Gasteiger partial charge >= 0.3 is 12.1 Å². The summed E-state index contributed by atoms with van der Waals surface area (Å²) < 4.78 is 22.4. The summed E-state index contributed by atoms with van der Waals surface area (Å²) in [6, 6.07) is 5.18. The number of aliphatic hydroxyl groups excluding tert-OH is 2. The number of hydrogen-bond donors (Lipinski definition) is 6. The van der Waals surface area contributed by atoms with Gasteiger partial charge in [0.2, 0.25) is 5.78 Å². The van der Waals surface area contributed by atoms with Crippen LogP contribution in [-0.4, -0.2) is 134 Å². The first-order valence-corrected chi connectivity index (χ1v) is 25.6. The Morgan fingerprint density at radius 1 is 1.17 bits per heavy atom. The first-order chi connectivity index (χ1) is 30.4. The van der Waals surface area contributed by atoms with E-state index < -0.39 is 84.8 Å². The second kappa shape index (κ2) is 20.7. The van der Waals surface area contributed by atoms with Gasteiger partial charge in [-0.15, -0.1) is 11.8 Å². The Balaban J connectivity index is 1.49. The Kier molecular flexibility index (Phi) is 15.7. The Hall–Kier alpha value is -4.67. The third-order valence-corrected chi connectivity index (χ3v) is 14.0. The van der Waals surface area contributed by atoms with Crippen molar-refractivity contribution < 1.29 is 53.4 Å². The quantitative estimate of drug-likeness (QED) is 0.0590. The van der Waals surface area contributed by atoms with Gasteiger partial charge in [0.1, 0.15) is 34.4 Å². The van der Waals surface area contributed by atoms with Crippen LogP contribution in [0.15, 0.2) is 65.4 Å². The maximum Gasteiger partial charge on any atom is 0.407 e. The van der Waals surface area contributed by atoms with Crippen molar-refractivity contribution in [3.63, 3.8) is 0 Å². The van der Waals surface area contributed by atoms with Gasteiger partial charge in [0, 0.05) is 58.3 Å². The Morgan fingerprint density at radius 2 is 1.92 bits per heavy atom. The molecule has 0 spiro atoms. The van der Waals surface area contributed by atoms with Crippen LogP contribution in [-0.2, 0) is 58.1 Å². The lowest BCUT2D eigenvalue weighted by Crippen LogP contribution is -2.68. The van der Waals surface area contributed by atoms with Gasteiger partial charge in [0.25, 0.3) is 0 Å². The molecule has 3 aliphatic rings. The third-order valence-electron chi connectivity index (χ3n) is 11.0. The SMILES string of the molecule is COC(=O)NC1C(=O)C[C@H](O)/C(=C/CS(C)(=S)=S)C2=C1C#C/C=C\C#C[C@@H]2OC1OC(C)C(SC)(C(=O)c2nccc3c2[nH]c2ccc(O)cc23)C(O)C1OC(=O)CCCNC(C)C. The number of aromatic amines is 1. The fourth-order valence-electron chi connectivity index (χ4n) is 7.90. The zero-order valence-electron chi connectivity index (χ0n) is 36.0. The number of phenols is 1. The molecular formula is C45H50N4O11S4. The number of aliphatic hydroxyl groups is 2. The van der Waals surface area contributed by atoms with Crippen LogP contribution in [0.3, 0.4) is 0 Å². The van der Waals surface area contributed by atoms with E-state index in [9.17, 15) is 29.7 Å². The van der Waals surface area contributed by atoms with Gasteiger partial charge in [-0.1, -0.05) is 50.8 Å². The summed E-state index contributed by atoms with van der Waals surface area (Å²) in [5, 5.41) is 41.7. The molecule has 3 aromatic rings. The number of aromatic hydroxyl groups is 1. The minimum Gasteiger partial charge on any atom is -0.508 e. The van der Waals surface area contributed by atoms with E-state index in [-0.39, 0.29) is 46.4 Å². The standard InChI is InChI=1S/C45H50N4O11S4/c1-24(2)46-19-11-14-35(53)60-40-42(55)45(63-5,41(54)39-38-27(17-20-47-39)30-22-26(50)15-16-31(30)48-38)25(3)58-43(40)59-34-13-10-8-7-9-12-29-36(34)28(18-21-64(6,61)62)32(51)23-33(52)37(29)49-44(56)57-4/h7-8,15-18,20,22,24-25,32,34,37,40,42-43,46,48,50-51,55H,11,14,19,21,23H2,1-6H3,(H,49,56)/b8-7-,28-18-/t25?,32-,34-,37?,40?,42?,43?,45?/m0/s1. The first kappa shape index (κ1) is 48.8. The number of rotatable bonds is 14. The highest BCUT2D eigenvalue weighted by atomic mass is 33.1. The minimum atomic E-state index is -2.05. The zero-order chi connectivity index (χ0) is 46.5. The number of alkyl carbamates (subject to hydrolysis) is 1. The second-order valence-corrected chi connectivity index (χ2v) is 24.1. The predicted molar refractivity (Wildman–Crippen MR) is 251 cm³/mol. The number of esters is 1. The van der Waals surface area contributed by atoms with E-state index in [0.29, 0.717) is 34.8 Å². The van der Waals surface area contributed by atoms with Crippen LogP contribution in [0.25, 0.3) is 21.8 Å². The van der Waals surface area contributed by atoms with E-state index in [4.69, 9.17) is 41.3 Å². The second-order valence-electron chi connectivity index (χ2n) is 15.8. The van der Waals surface area contributed by atoms with Gasteiger partial charge in [-0.2, -0.15) is 0 Å². The lowest BCUT2D eigenvalue weighted by atomic mass is 9.83. The van der Waals surface area contributed by atoms with Crippen LogP contribution < -0.4 is 10.6 Å². The largest absolute Gasteiger partial charge is 0.508 e. The number of aromatic nitrogens is 2. The number of nitrogens with one attached hydrogen (secondary N) is 3. The summed E-state index contributed by atoms with van der Waals surface area (Å²) >= 11 is 12.1. The van der Waals surface area contributed by atoms with Crippen molar-refractivity contribution >= 4 is 86.7 Å². The molecule has 6 rings (SSSR count). The van der Waals surface area contributed by atoms with E-state index in [1.54, 1.807) is 43.7 Å². The van der Waals surface area contributed by atoms with E-state index in [1.807, 2.05) is 13.8 Å². The van der Waals surface area contributed by atoms with Crippen LogP contribution in [0, 0.1) is 23.7 Å². The number of carbonyl (C=O) groups is 4. The summed E-state index contributed by atoms with van der Waals surface area (Å²) in [5.41, 5.74) is 1.23. The highest BCUT2D eigenvalue weighted by Crippen LogP contribution is 2.45. The number of fused-ring (bicyclic) bond motifs is 3. The van der Waals surface area contributed by atoms with Crippen LogP contribution in [0.4, 0.5) is 4.79 Å². The van der Waals surface area contributed by atoms with E-state index in [0.717, 1.165) is 18.9 Å². The number of ketones is 2. The molecule has 2 aliphatic carbocycles. The average molecular weight is 951 g/mol. The van der Waals surface area contributed by atoms with Gasteiger partial charge < -0.3 is 49.9 Å². The number of pyridine rings is 1. The Morgan fingerprint density at radius 3 is 2.62 bits per heavy atom. The normalized spacial score (nSPS) is 27.0. The highest BCUT2D eigenvalue weighted by molar-refractivity contribution is 8.56. The number of thioether (sulfide) groups is 1. The maximum absolute atomic E-state index is 15.1. The first-order valence-electron chi connectivity index (χ1n) is 20.4. The van der Waals surface area contributed by atoms with Crippen molar-refractivity contribution in [2.75, 3.05) is 31.9 Å². The summed E-state index contributed by atoms with van der Waals surface area (Å²) in [7, 11) is -0.919. The summed E-state index contributed by atoms with van der Waals surface area (Å²) in [5.74, 6) is 9.88. The summed E-state index contributed by atoms with van der Waals surface area (Å²) in [4.78, 5) is 63.1. The molecule has 6 N–H and O–H groups in total. The number of carbonyl (C=O) groups excluding carboxylic acids is 4. The number of ether oxygens (including phenoxy) is 4. The van der Waals surface area contributed by atoms with Crippen molar-refractivity contribution in [2.24, 2.45) is 0 Å². The van der Waals surface area contributed by atoms with E-state index in [2.05, 4.69) is 44.3 Å². The monoisotopic (exact) mass is 950 g/mol. The molecule has 1 fully saturated rings. The molecule has 8 atom stereocenters. The molecule has 15 nitrogen and oxygen atoms in total. The molecule has 1 aromatic carbocycles. The molecule has 6 unspecified atom stereocenters.